The second kappa shape index (κ2) is 10.7. The molecule has 2 aromatic carbocycles. The molecule has 1 aliphatic rings. The zero-order valence-corrected chi connectivity index (χ0v) is 18.5. The molecule has 1 aliphatic heterocycles. The zero-order chi connectivity index (χ0) is 22.1. The number of hydrogen-bond acceptors (Lipinski definition) is 4. The highest BCUT2D eigenvalue weighted by Gasteiger charge is 2.14. The van der Waals surface area contributed by atoms with E-state index in [0.29, 0.717) is 31.5 Å². The first-order valence-corrected chi connectivity index (χ1v) is 10.7. The minimum absolute atomic E-state index is 0.0303. The molecular weight excluding hydrogens is 392 g/mol. The van der Waals surface area contributed by atoms with Gasteiger partial charge in [-0.3, -0.25) is 4.79 Å². The largest absolute Gasteiger partial charge is 0.490 e. The Morgan fingerprint density at radius 2 is 1.77 bits per heavy atom. The van der Waals surface area contributed by atoms with Crippen molar-refractivity contribution >= 4 is 17.6 Å². The van der Waals surface area contributed by atoms with E-state index >= 15 is 0 Å². The molecule has 0 saturated carbocycles. The highest BCUT2D eigenvalue weighted by atomic mass is 16.5. The molecule has 0 atom stereocenters. The lowest BCUT2D eigenvalue weighted by atomic mass is 10.1. The van der Waals surface area contributed by atoms with Gasteiger partial charge in [0.05, 0.1) is 13.2 Å². The number of guanidine groups is 1. The average Bonchev–Trinajstić information content (AvgIpc) is 2.96. The summed E-state index contributed by atoms with van der Waals surface area (Å²) in [5.74, 6) is 1.85. The summed E-state index contributed by atoms with van der Waals surface area (Å²) >= 11 is 0. The first-order valence-electron chi connectivity index (χ1n) is 10.7. The summed E-state index contributed by atoms with van der Waals surface area (Å²) in [7, 11) is 0. The van der Waals surface area contributed by atoms with E-state index in [2.05, 4.69) is 33.1 Å². The molecule has 1 amide bonds. The van der Waals surface area contributed by atoms with Gasteiger partial charge in [-0.25, -0.2) is 4.99 Å². The molecule has 7 nitrogen and oxygen atoms in total. The third-order valence-electron chi connectivity index (χ3n) is 4.45. The highest BCUT2D eigenvalue weighted by molar-refractivity contribution is 5.95. The van der Waals surface area contributed by atoms with Crippen LogP contribution in [-0.2, 0) is 11.2 Å². The topological polar surface area (TPSA) is 84.0 Å². The zero-order valence-electron chi connectivity index (χ0n) is 18.5. The molecule has 7 heteroatoms. The molecule has 0 radical (unpaired) electrons. The van der Waals surface area contributed by atoms with E-state index in [1.807, 2.05) is 57.2 Å². The fraction of sp³-hybridized carbons (Fsp3) is 0.417. The first-order chi connectivity index (χ1) is 14.9. The molecule has 166 valence electrons. The van der Waals surface area contributed by atoms with Crippen molar-refractivity contribution in [2.45, 2.75) is 39.2 Å². The van der Waals surface area contributed by atoms with Crippen molar-refractivity contribution < 1.29 is 14.3 Å². The van der Waals surface area contributed by atoms with E-state index in [4.69, 9.17) is 9.47 Å². The normalized spacial score (nSPS) is 13.8. The van der Waals surface area contributed by atoms with Gasteiger partial charge in [0, 0.05) is 30.3 Å². The maximum absolute atomic E-state index is 12.2. The summed E-state index contributed by atoms with van der Waals surface area (Å²) in [4.78, 5) is 16.7. The van der Waals surface area contributed by atoms with E-state index in [1.54, 1.807) is 0 Å². The fourth-order valence-corrected chi connectivity index (χ4v) is 3.10. The van der Waals surface area contributed by atoms with Gasteiger partial charge in [0.2, 0.25) is 5.91 Å². The monoisotopic (exact) mass is 424 g/mol. The van der Waals surface area contributed by atoms with Gasteiger partial charge in [0.25, 0.3) is 0 Å². The van der Waals surface area contributed by atoms with Gasteiger partial charge in [0.1, 0.15) is 6.54 Å². The van der Waals surface area contributed by atoms with Crippen molar-refractivity contribution in [2.75, 3.05) is 31.6 Å². The van der Waals surface area contributed by atoms with Gasteiger partial charge in [-0.15, -0.1) is 0 Å². The predicted octanol–water partition coefficient (Wildman–Crippen LogP) is 3.36. The number of benzene rings is 2. The Labute approximate surface area is 184 Å². The molecule has 3 N–H and O–H groups in total. The quantitative estimate of drug-likeness (QED) is 0.489. The van der Waals surface area contributed by atoms with Crippen LogP contribution in [0.3, 0.4) is 0 Å². The van der Waals surface area contributed by atoms with Crippen LogP contribution in [0.25, 0.3) is 0 Å². The number of ether oxygens (including phenoxy) is 2. The molecule has 1 heterocycles. The molecule has 3 rings (SSSR count). The van der Waals surface area contributed by atoms with Crippen LogP contribution in [0.1, 0.15) is 32.8 Å². The highest BCUT2D eigenvalue weighted by Crippen LogP contribution is 2.32. The SMILES string of the molecule is CC(C)(C)NC(=O)CN=C(NCCc1ccccc1)Nc1ccc2c(c1)OCCCO2. The van der Waals surface area contributed by atoms with Crippen LogP contribution in [0.2, 0.25) is 0 Å². The lowest BCUT2D eigenvalue weighted by Crippen LogP contribution is -2.42. The second-order valence-electron chi connectivity index (χ2n) is 8.46. The number of hydrogen-bond donors (Lipinski definition) is 3. The van der Waals surface area contributed by atoms with Gasteiger partial charge in [-0.1, -0.05) is 30.3 Å². The van der Waals surface area contributed by atoms with E-state index in [-0.39, 0.29) is 18.0 Å². The average molecular weight is 425 g/mol. The van der Waals surface area contributed by atoms with Gasteiger partial charge in [-0.05, 0) is 44.9 Å². The van der Waals surface area contributed by atoms with Crippen molar-refractivity contribution in [3.63, 3.8) is 0 Å². The van der Waals surface area contributed by atoms with Crippen LogP contribution in [0, 0.1) is 0 Å². The molecule has 0 aliphatic carbocycles. The van der Waals surface area contributed by atoms with Crippen LogP contribution in [0.4, 0.5) is 5.69 Å². The molecule has 0 spiro atoms. The predicted molar refractivity (Wildman–Crippen MR) is 124 cm³/mol. The Bertz CT molecular complexity index is 891. The van der Waals surface area contributed by atoms with E-state index < -0.39 is 0 Å². The van der Waals surface area contributed by atoms with Gasteiger partial charge in [0.15, 0.2) is 17.5 Å². The van der Waals surface area contributed by atoms with Crippen LogP contribution in [0.5, 0.6) is 11.5 Å². The van der Waals surface area contributed by atoms with Crippen molar-refractivity contribution in [1.82, 2.24) is 10.6 Å². The Balaban J connectivity index is 1.67. The van der Waals surface area contributed by atoms with Crippen LogP contribution in [0.15, 0.2) is 53.5 Å². The van der Waals surface area contributed by atoms with E-state index in [0.717, 1.165) is 24.3 Å². The number of aliphatic imine (C=N–C) groups is 1. The fourth-order valence-electron chi connectivity index (χ4n) is 3.10. The van der Waals surface area contributed by atoms with Crippen molar-refractivity contribution in [1.29, 1.82) is 0 Å². The molecule has 0 aromatic heterocycles. The molecule has 0 bridgehead atoms. The summed E-state index contributed by atoms with van der Waals surface area (Å²) in [6.07, 6.45) is 1.70. The van der Waals surface area contributed by atoms with E-state index in [9.17, 15) is 4.79 Å². The molecule has 2 aromatic rings. The summed E-state index contributed by atoms with van der Waals surface area (Å²) in [6.45, 7) is 7.83. The van der Waals surface area contributed by atoms with Gasteiger partial charge < -0.3 is 25.4 Å². The third kappa shape index (κ3) is 7.85. The maximum atomic E-state index is 12.2. The number of anilines is 1. The number of carbonyl (C=O) groups excluding carboxylic acids is 1. The van der Waals surface area contributed by atoms with E-state index in [1.165, 1.54) is 5.56 Å². The van der Waals surface area contributed by atoms with Crippen molar-refractivity contribution in [2.24, 2.45) is 4.99 Å². The van der Waals surface area contributed by atoms with Gasteiger partial charge in [-0.2, -0.15) is 0 Å². The summed E-state index contributed by atoms with van der Waals surface area (Å²) < 4.78 is 11.5. The molecule has 0 fully saturated rings. The number of amides is 1. The second-order valence-corrected chi connectivity index (χ2v) is 8.46. The van der Waals surface area contributed by atoms with Crippen molar-refractivity contribution in [3.8, 4) is 11.5 Å². The standard InChI is InChI=1S/C24H32N4O3/c1-24(2,3)28-22(29)17-26-23(25-13-12-18-8-5-4-6-9-18)27-19-10-11-20-21(16-19)31-15-7-14-30-20/h4-6,8-11,16H,7,12-15,17H2,1-3H3,(H,28,29)(H2,25,26,27). The molecule has 0 unspecified atom stereocenters. The number of nitrogens with zero attached hydrogens (tertiary/aromatic N) is 1. The molecule has 31 heavy (non-hydrogen) atoms. The maximum Gasteiger partial charge on any atom is 0.242 e. The smallest absolute Gasteiger partial charge is 0.242 e. The summed E-state index contributed by atoms with van der Waals surface area (Å²) in [5, 5.41) is 9.52. The van der Waals surface area contributed by atoms with Crippen LogP contribution in [-0.4, -0.2) is 43.7 Å². The summed E-state index contributed by atoms with van der Waals surface area (Å²) in [6, 6.07) is 15.9. The Morgan fingerprint density at radius 3 is 2.52 bits per heavy atom. The Hall–Kier alpha value is -3.22. The Morgan fingerprint density at radius 1 is 1.03 bits per heavy atom. The summed E-state index contributed by atoms with van der Waals surface area (Å²) in [5.41, 5.74) is 1.75. The lowest BCUT2D eigenvalue weighted by molar-refractivity contribution is -0.121. The number of carbonyl (C=O) groups is 1. The minimum Gasteiger partial charge on any atom is -0.490 e. The van der Waals surface area contributed by atoms with Crippen LogP contribution >= 0.6 is 0 Å². The third-order valence-corrected chi connectivity index (χ3v) is 4.45. The van der Waals surface area contributed by atoms with Crippen molar-refractivity contribution in [3.05, 3.63) is 54.1 Å². The number of fused-ring (bicyclic) bond motifs is 1. The minimum atomic E-state index is -0.296. The first kappa shape index (κ1) is 22.5. The Kier molecular flexibility index (Phi) is 7.76. The molecular formula is C24H32N4O3. The van der Waals surface area contributed by atoms with Gasteiger partial charge >= 0.3 is 0 Å². The van der Waals surface area contributed by atoms with Crippen LogP contribution < -0.4 is 25.4 Å². The number of rotatable bonds is 6. The lowest BCUT2D eigenvalue weighted by Gasteiger charge is -2.20. The molecule has 0 saturated heterocycles. The number of nitrogens with one attached hydrogen (secondary N) is 3.